The molecular formula is C49H95N3O6. The lowest BCUT2D eigenvalue weighted by Crippen LogP contribution is -2.56. The van der Waals surface area contributed by atoms with Gasteiger partial charge in [0.25, 0.3) is 0 Å². The van der Waals surface area contributed by atoms with E-state index in [1.165, 1.54) is 109 Å². The van der Waals surface area contributed by atoms with Crippen LogP contribution >= 0.6 is 0 Å². The molecule has 0 bridgehead atoms. The van der Waals surface area contributed by atoms with Crippen molar-refractivity contribution in [3.05, 3.63) is 0 Å². The zero-order chi connectivity index (χ0) is 42.1. The fraction of sp³-hybridized carbons (Fsp3) is 0.959. The van der Waals surface area contributed by atoms with Crippen molar-refractivity contribution in [2.24, 2.45) is 11.8 Å². The third-order valence-corrected chi connectivity index (χ3v) is 13.4. The number of nitrogens with zero attached hydrogens (tertiary/aromatic N) is 3. The quantitative estimate of drug-likeness (QED) is 0.0354. The number of esters is 2. The van der Waals surface area contributed by atoms with E-state index < -0.39 is 0 Å². The highest BCUT2D eigenvalue weighted by Gasteiger charge is 2.47. The van der Waals surface area contributed by atoms with Crippen LogP contribution in [-0.2, 0) is 19.1 Å². The smallest absolute Gasteiger partial charge is 0.308 e. The van der Waals surface area contributed by atoms with Gasteiger partial charge < -0.3 is 19.7 Å². The van der Waals surface area contributed by atoms with Gasteiger partial charge in [0.2, 0.25) is 0 Å². The summed E-state index contributed by atoms with van der Waals surface area (Å²) in [5.41, 5.74) is -0.0528. The van der Waals surface area contributed by atoms with Gasteiger partial charge >= 0.3 is 11.9 Å². The summed E-state index contributed by atoms with van der Waals surface area (Å²) in [5.74, 6) is -0.0342. The number of carbonyl (C=O) groups is 2. The van der Waals surface area contributed by atoms with Gasteiger partial charge in [0.15, 0.2) is 0 Å². The molecule has 58 heavy (non-hydrogen) atoms. The van der Waals surface area contributed by atoms with Crippen LogP contribution in [-0.4, -0.2) is 108 Å². The number of ether oxygens (including phenoxy) is 2. The zero-order valence-corrected chi connectivity index (χ0v) is 38.7. The molecule has 2 aliphatic carbocycles. The summed E-state index contributed by atoms with van der Waals surface area (Å²) in [7, 11) is 0. The van der Waals surface area contributed by atoms with Crippen molar-refractivity contribution in [3.63, 3.8) is 0 Å². The number of hydrogen-bond acceptors (Lipinski definition) is 9. The summed E-state index contributed by atoms with van der Waals surface area (Å²) in [6.07, 6.45) is 34.2. The number of β-amino-alcohol motifs (C(OH)–C–C–N with tert-alkyl or cyclic N) is 1. The van der Waals surface area contributed by atoms with Crippen molar-refractivity contribution in [1.82, 2.24) is 14.9 Å². The fourth-order valence-corrected chi connectivity index (χ4v) is 9.09. The average molecular weight is 822 g/mol. The van der Waals surface area contributed by atoms with Gasteiger partial charge in [0.1, 0.15) is 6.61 Å². The molecule has 2 fully saturated rings. The van der Waals surface area contributed by atoms with E-state index in [4.69, 9.17) is 9.47 Å². The van der Waals surface area contributed by atoms with Crippen LogP contribution in [0, 0.1) is 11.8 Å². The van der Waals surface area contributed by atoms with E-state index in [0.29, 0.717) is 38.9 Å². The number of unbranched alkanes of at least 4 members (excludes halogenated alkanes) is 16. The van der Waals surface area contributed by atoms with Crippen molar-refractivity contribution in [1.29, 1.82) is 0 Å². The average Bonchev–Trinajstić information content (AvgIpc) is 3.99. The summed E-state index contributed by atoms with van der Waals surface area (Å²) < 4.78 is 12.1. The predicted molar refractivity (Wildman–Crippen MR) is 241 cm³/mol. The molecule has 0 radical (unpaired) electrons. The number of aliphatic hydroxyl groups is 2. The molecule has 2 saturated carbocycles. The van der Waals surface area contributed by atoms with E-state index in [1.807, 2.05) is 0 Å². The molecule has 0 saturated heterocycles. The van der Waals surface area contributed by atoms with Crippen molar-refractivity contribution in [2.45, 2.75) is 232 Å². The molecule has 0 amide bonds. The summed E-state index contributed by atoms with van der Waals surface area (Å²) >= 11 is 0. The Morgan fingerprint density at radius 1 is 0.552 bits per heavy atom. The first-order valence-electron chi connectivity index (χ1n) is 25.2. The van der Waals surface area contributed by atoms with Crippen LogP contribution in [0.5, 0.6) is 0 Å². The van der Waals surface area contributed by atoms with Gasteiger partial charge in [0.05, 0.1) is 31.7 Å². The lowest BCUT2D eigenvalue weighted by molar-refractivity contribution is -0.154. The minimum absolute atomic E-state index is 0.00697. The molecule has 2 rings (SSSR count). The number of aliphatic hydroxyl groups excluding tert-OH is 2. The van der Waals surface area contributed by atoms with E-state index in [-0.39, 0.29) is 42.5 Å². The standard InChI is InChI=1S/C49H95N3O6/c1-5-9-13-17-19-23-28-44(26-21-15-11-7-3)47(55)57-42-34-49(32-33-49)50(37-40-53)35-36-51(38-41-54)52(46-30-25-31-46)39-43-58-48(56)45(27-22-16-12-8-4)29-24-20-18-14-10-6-2/h44-46,53-54H,5-43H2,1-4H3. The molecule has 2 N–H and O–H groups in total. The second-order valence-corrected chi connectivity index (χ2v) is 18.2. The Balaban J connectivity index is 1.96. The largest absolute Gasteiger partial charge is 0.465 e. The Bertz CT molecular complexity index is 991. The molecule has 0 spiro atoms. The molecule has 0 aromatic carbocycles. The number of hydrogen-bond donors (Lipinski definition) is 2. The minimum Gasteiger partial charge on any atom is -0.465 e. The SMILES string of the molecule is CCCCCCCCC(CCCCCC)C(=O)OCCN(C1CCC1)N(CCO)CCN(CCO)C1(CCOC(=O)C(CCCCCC)CCCCCCCC)CC1. The number of rotatable bonds is 42. The van der Waals surface area contributed by atoms with Crippen LogP contribution in [0.2, 0.25) is 0 Å². The van der Waals surface area contributed by atoms with Gasteiger partial charge in [-0.05, 0) is 57.8 Å². The van der Waals surface area contributed by atoms with Crippen molar-refractivity contribution < 1.29 is 29.3 Å². The highest BCUT2D eigenvalue weighted by atomic mass is 16.5. The van der Waals surface area contributed by atoms with Crippen LogP contribution in [0.1, 0.15) is 220 Å². The van der Waals surface area contributed by atoms with Crippen LogP contribution in [0.25, 0.3) is 0 Å². The van der Waals surface area contributed by atoms with Crippen molar-refractivity contribution in [2.75, 3.05) is 59.2 Å². The summed E-state index contributed by atoms with van der Waals surface area (Å²) in [6.45, 7) is 13.1. The van der Waals surface area contributed by atoms with Crippen molar-refractivity contribution in [3.8, 4) is 0 Å². The first-order chi connectivity index (χ1) is 28.4. The molecule has 2 atom stereocenters. The predicted octanol–water partition coefficient (Wildman–Crippen LogP) is 11.0. The topological polar surface area (TPSA) is 103 Å². The van der Waals surface area contributed by atoms with Gasteiger partial charge in [-0.1, -0.05) is 163 Å². The Morgan fingerprint density at radius 3 is 1.40 bits per heavy atom. The maximum absolute atomic E-state index is 13.5. The molecule has 0 aliphatic heterocycles. The highest BCUT2D eigenvalue weighted by molar-refractivity contribution is 5.72. The molecule has 0 aromatic heterocycles. The van der Waals surface area contributed by atoms with Crippen LogP contribution in [0.15, 0.2) is 0 Å². The molecule has 9 heteroatoms. The summed E-state index contributed by atoms with van der Waals surface area (Å²) in [4.78, 5) is 29.3. The third-order valence-electron chi connectivity index (χ3n) is 13.4. The Hall–Kier alpha value is -1.26. The maximum atomic E-state index is 13.5. The highest BCUT2D eigenvalue weighted by Crippen LogP contribution is 2.44. The van der Waals surface area contributed by atoms with Gasteiger partial charge in [0, 0.05) is 44.3 Å². The zero-order valence-electron chi connectivity index (χ0n) is 38.7. The van der Waals surface area contributed by atoms with Crippen LogP contribution < -0.4 is 0 Å². The molecule has 9 nitrogen and oxygen atoms in total. The minimum atomic E-state index is -0.0528. The normalized spacial score (nSPS) is 16.2. The van der Waals surface area contributed by atoms with Crippen LogP contribution in [0.4, 0.5) is 0 Å². The monoisotopic (exact) mass is 822 g/mol. The maximum Gasteiger partial charge on any atom is 0.308 e. The van der Waals surface area contributed by atoms with E-state index in [1.54, 1.807) is 0 Å². The molecule has 342 valence electrons. The fourth-order valence-electron chi connectivity index (χ4n) is 9.09. The number of carbonyl (C=O) groups excluding carboxylic acids is 2. The van der Waals surface area contributed by atoms with Crippen LogP contribution in [0.3, 0.4) is 0 Å². The summed E-state index contributed by atoms with van der Waals surface area (Å²) in [6, 6.07) is 0.394. The van der Waals surface area contributed by atoms with Gasteiger partial charge in [-0.25, -0.2) is 10.0 Å². The number of hydrazine groups is 1. The lowest BCUT2D eigenvalue weighted by Gasteiger charge is -2.45. The van der Waals surface area contributed by atoms with Crippen molar-refractivity contribution >= 4 is 11.9 Å². The third kappa shape index (κ3) is 22.5. The summed E-state index contributed by atoms with van der Waals surface area (Å²) in [5, 5.41) is 25.0. The van der Waals surface area contributed by atoms with E-state index >= 15 is 0 Å². The second kappa shape index (κ2) is 34.3. The first-order valence-corrected chi connectivity index (χ1v) is 25.2. The van der Waals surface area contributed by atoms with Gasteiger partial charge in [-0.3, -0.25) is 14.5 Å². The molecule has 2 aliphatic rings. The van der Waals surface area contributed by atoms with E-state index in [9.17, 15) is 19.8 Å². The Labute approximate surface area is 358 Å². The van der Waals surface area contributed by atoms with Gasteiger partial charge in [-0.2, -0.15) is 0 Å². The molecule has 2 unspecified atom stereocenters. The van der Waals surface area contributed by atoms with Gasteiger partial charge in [-0.15, -0.1) is 0 Å². The molecule has 0 heterocycles. The Morgan fingerprint density at radius 2 is 0.983 bits per heavy atom. The Kier molecular flexibility index (Phi) is 31.3. The second-order valence-electron chi connectivity index (χ2n) is 18.2. The van der Waals surface area contributed by atoms with E-state index in [0.717, 1.165) is 96.6 Å². The first kappa shape index (κ1) is 52.9. The molecular weight excluding hydrogens is 727 g/mol. The lowest BCUT2D eigenvalue weighted by atomic mass is 9.92. The van der Waals surface area contributed by atoms with E-state index in [2.05, 4.69) is 42.6 Å². The molecule has 0 aromatic rings.